The SMILES string of the molecule is Clc1cc(OC2CC2)ncn1. The smallest absolute Gasteiger partial charge is 0.218 e. The predicted molar refractivity (Wildman–Crippen MR) is 40.7 cm³/mol. The van der Waals surface area contributed by atoms with Gasteiger partial charge in [0.1, 0.15) is 17.6 Å². The molecule has 0 aromatic carbocycles. The lowest BCUT2D eigenvalue weighted by Crippen LogP contribution is -1.97. The normalized spacial score (nSPS) is 16.5. The number of rotatable bonds is 2. The number of nitrogens with zero attached hydrogens (tertiary/aromatic N) is 2. The summed E-state index contributed by atoms with van der Waals surface area (Å²) in [5.74, 6) is 0.576. The zero-order valence-corrected chi connectivity index (χ0v) is 6.58. The highest BCUT2D eigenvalue weighted by Gasteiger charge is 2.23. The van der Waals surface area contributed by atoms with Gasteiger partial charge in [0.15, 0.2) is 0 Å². The summed E-state index contributed by atoms with van der Waals surface area (Å²) < 4.78 is 5.37. The second kappa shape index (κ2) is 2.66. The zero-order valence-electron chi connectivity index (χ0n) is 5.83. The molecule has 0 saturated heterocycles. The largest absolute Gasteiger partial charge is 0.474 e. The van der Waals surface area contributed by atoms with Gasteiger partial charge in [-0.1, -0.05) is 11.6 Å². The van der Waals surface area contributed by atoms with E-state index < -0.39 is 0 Å². The molecule has 2 rings (SSSR count). The molecule has 3 nitrogen and oxygen atoms in total. The lowest BCUT2D eigenvalue weighted by Gasteiger charge is -2.00. The number of hydrogen-bond acceptors (Lipinski definition) is 3. The van der Waals surface area contributed by atoms with Crippen LogP contribution in [0, 0.1) is 0 Å². The van der Waals surface area contributed by atoms with Crippen molar-refractivity contribution in [1.82, 2.24) is 9.97 Å². The van der Waals surface area contributed by atoms with Crippen molar-refractivity contribution < 1.29 is 4.74 Å². The van der Waals surface area contributed by atoms with E-state index >= 15 is 0 Å². The zero-order chi connectivity index (χ0) is 7.68. The first-order chi connectivity index (χ1) is 5.34. The highest BCUT2D eigenvalue weighted by Crippen LogP contribution is 2.25. The average molecular weight is 171 g/mol. The van der Waals surface area contributed by atoms with Crippen molar-refractivity contribution in [3.8, 4) is 5.88 Å². The minimum atomic E-state index is 0.362. The minimum absolute atomic E-state index is 0.362. The Hall–Kier alpha value is -0.830. The van der Waals surface area contributed by atoms with E-state index in [1.807, 2.05) is 0 Å². The molecule has 1 saturated carbocycles. The Kier molecular flexibility index (Phi) is 1.66. The van der Waals surface area contributed by atoms with Crippen LogP contribution in [0.4, 0.5) is 0 Å². The van der Waals surface area contributed by atoms with Crippen molar-refractivity contribution in [2.45, 2.75) is 18.9 Å². The van der Waals surface area contributed by atoms with Crippen LogP contribution in [0.1, 0.15) is 12.8 Å². The molecule has 0 bridgehead atoms. The van der Waals surface area contributed by atoms with E-state index in [0.29, 0.717) is 17.1 Å². The maximum Gasteiger partial charge on any atom is 0.218 e. The van der Waals surface area contributed by atoms with E-state index in [4.69, 9.17) is 16.3 Å². The lowest BCUT2D eigenvalue weighted by atomic mass is 10.6. The van der Waals surface area contributed by atoms with Crippen molar-refractivity contribution in [1.29, 1.82) is 0 Å². The summed E-state index contributed by atoms with van der Waals surface area (Å²) in [6.45, 7) is 0. The summed E-state index contributed by atoms with van der Waals surface area (Å²) in [6.07, 6.45) is 4.02. The molecular formula is C7H7ClN2O. The van der Waals surface area contributed by atoms with Gasteiger partial charge < -0.3 is 4.74 Å². The van der Waals surface area contributed by atoms with Crippen molar-refractivity contribution in [3.05, 3.63) is 17.5 Å². The summed E-state index contributed by atoms with van der Waals surface area (Å²) in [7, 11) is 0. The van der Waals surface area contributed by atoms with Crippen molar-refractivity contribution in [2.75, 3.05) is 0 Å². The molecule has 0 unspecified atom stereocenters. The van der Waals surface area contributed by atoms with Crippen LogP contribution in [-0.2, 0) is 0 Å². The van der Waals surface area contributed by atoms with Crippen LogP contribution in [0.3, 0.4) is 0 Å². The Labute approximate surface area is 69.4 Å². The van der Waals surface area contributed by atoms with E-state index in [9.17, 15) is 0 Å². The number of hydrogen-bond donors (Lipinski definition) is 0. The van der Waals surface area contributed by atoms with Crippen LogP contribution in [0.5, 0.6) is 5.88 Å². The number of halogens is 1. The Bertz CT molecular complexity index is 262. The van der Waals surface area contributed by atoms with Crippen LogP contribution in [-0.4, -0.2) is 16.1 Å². The molecule has 0 amide bonds. The fourth-order valence-corrected chi connectivity index (χ4v) is 0.875. The summed E-state index contributed by atoms with van der Waals surface area (Å²) in [4.78, 5) is 7.64. The van der Waals surface area contributed by atoms with Crippen LogP contribution in [0.25, 0.3) is 0 Å². The number of aromatic nitrogens is 2. The summed E-state index contributed by atoms with van der Waals surface area (Å²) in [6, 6.07) is 1.62. The number of ether oxygens (including phenoxy) is 1. The fourth-order valence-electron chi connectivity index (χ4n) is 0.738. The van der Waals surface area contributed by atoms with Crippen LogP contribution < -0.4 is 4.74 Å². The molecule has 0 aliphatic heterocycles. The van der Waals surface area contributed by atoms with E-state index in [0.717, 1.165) is 12.8 Å². The minimum Gasteiger partial charge on any atom is -0.474 e. The molecule has 0 N–H and O–H groups in total. The maximum atomic E-state index is 5.62. The monoisotopic (exact) mass is 170 g/mol. The van der Waals surface area contributed by atoms with Gasteiger partial charge in [0.2, 0.25) is 5.88 Å². The van der Waals surface area contributed by atoms with Crippen LogP contribution >= 0.6 is 11.6 Å². The Morgan fingerprint density at radius 2 is 2.27 bits per heavy atom. The molecule has 11 heavy (non-hydrogen) atoms. The van der Waals surface area contributed by atoms with E-state index in [2.05, 4.69) is 9.97 Å². The summed E-state index contributed by atoms with van der Waals surface area (Å²) in [5, 5.41) is 0.427. The maximum absolute atomic E-state index is 5.62. The highest BCUT2D eigenvalue weighted by molar-refractivity contribution is 6.29. The average Bonchev–Trinajstić information content (AvgIpc) is 2.71. The molecule has 0 atom stereocenters. The Morgan fingerprint density at radius 3 is 2.91 bits per heavy atom. The molecule has 1 fully saturated rings. The molecule has 1 aliphatic rings. The molecular weight excluding hydrogens is 164 g/mol. The molecule has 1 heterocycles. The van der Waals surface area contributed by atoms with Gasteiger partial charge in [0.25, 0.3) is 0 Å². The van der Waals surface area contributed by atoms with Gasteiger partial charge in [-0.25, -0.2) is 9.97 Å². The third kappa shape index (κ3) is 1.80. The summed E-state index contributed by atoms with van der Waals surface area (Å²) >= 11 is 5.62. The third-order valence-corrected chi connectivity index (χ3v) is 1.63. The standard InChI is InChI=1S/C7H7ClN2O/c8-6-3-7(10-4-9-6)11-5-1-2-5/h3-5H,1-2H2. The molecule has 4 heteroatoms. The van der Waals surface area contributed by atoms with Gasteiger partial charge in [-0.15, -0.1) is 0 Å². The molecule has 58 valence electrons. The van der Waals surface area contributed by atoms with E-state index in [-0.39, 0.29) is 0 Å². The second-order valence-electron chi connectivity index (χ2n) is 2.50. The highest BCUT2D eigenvalue weighted by atomic mass is 35.5. The van der Waals surface area contributed by atoms with E-state index in [1.54, 1.807) is 6.07 Å². The Morgan fingerprint density at radius 1 is 1.45 bits per heavy atom. The topological polar surface area (TPSA) is 35.0 Å². The third-order valence-electron chi connectivity index (χ3n) is 1.42. The van der Waals surface area contributed by atoms with Crippen LogP contribution in [0.2, 0.25) is 5.15 Å². The van der Waals surface area contributed by atoms with Crippen molar-refractivity contribution >= 4 is 11.6 Å². The lowest BCUT2D eigenvalue weighted by molar-refractivity contribution is 0.290. The van der Waals surface area contributed by atoms with Crippen LogP contribution in [0.15, 0.2) is 12.4 Å². The van der Waals surface area contributed by atoms with Gasteiger partial charge in [-0.3, -0.25) is 0 Å². The molecule has 1 aromatic heterocycles. The quantitative estimate of drug-likeness (QED) is 0.634. The van der Waals surface area contributed by atoms with E-state index in [1.165, 1.54) is 6.33 Å². The van der Waals surface area contributed by atoms with Crippen molar-refractivity contribution in [2.24, 2.45) is 0 Å². The fraction of sp³-hybridized carbons (Fsp3) is 0.429. The Balaban J connectivity index is 2.10. The molecule has 1 aliphatic carbocycles. The van der Waals surface area contributed by atoms with Gasteiger partial charge in [-0.2, -0.15) is 0 Å². The first-order valence-corrected chi connectivity index (χ1v) is 3.86. The first kappa shape index (κ1) is 6.85. The van der Waals surface area contributed by atoms with Gasteiger partial charge in [0.05, 0.1) is 0 Å². The first-order valence-electron chi connectivity index (χ1n) is 3.49. The molecule has 0 radical (unpaired) electrons. The molecule has 0 spiro atoms. The molecule has 1 aromatic rings. The van der Waals surface area contributed by atoms with Gasteiger partial charge in [-0.05, 0) is 12.8 Å². The van der Waals surface area contributed by atoms with Crippen molar-refractivity contribution in [3.63, 3.8) is 0 Å². The van der Waals surface area contributed by atoms with Gasteiger partial charge >= 0.3 is 0 Å². The predicted octanol–water partition coefficient (Wildman–Crippen LogP) is 1.67. The second-order valence-corrected chi connectivity index (χ2v) is 2.88. The summed E-state index contributed by atoms with van der Waals surface area (Å²) in [5.41, 5.74) is 0. The van der Waals surface area contributed by atoms with Gasteiger partial charge in [0, 0.05) is 6.07 Å².